The van der Waals surface area contributed by atoms with E-state index in [1.807, 2.05) is 80.1 Å². The quantitative estimate of drug-likeness (QED) is 0.0558. The molecule has 21 nitrogen and oxygen atoms in total. The zero-order valence-corrected chi connectivity index (χ0v) is 59.5. The van der Waals surface area contributed by atoms with Gasteiger partial charge in [0.2, 0.25) is 0 Å². The summed E-state index contributed by atoms with van der Waals surface area (Å²) in [6, 6.07) is 40.9. The summed E-state index contributed by atoms with van der Waals surface area (Å²) in [5.41, 5.74) is 26.8. The van der Waals surface area contributed by atoms with E-state index in [9.17, 15) is 12.6 Å². The Balaban J connectivity index is 0.000000153. The zero-order valence-electron chi connectivity index (χ0n) is 55.6. The van der Waals surface area contributed by atoms with Crippen LogP contribution in [-0.4, -0.2) is 72.7 Å². The van der Waals surface area contributed by atoms with E-state index in [-0.39, 0.29) is 48.4 Å². The summed E-state index contributed by atoms with van der Waals surface area (Å²) in [6.45, 7) is 1.96. The van der Waals surface area contributed by atoms with Crippen LogP contribution in [0.15, 0.2) is 192 Å². The van der Waals surface area contributed by atoms with E-state index in [2.05, 4.69) is 57.8 Å². The fourth-order valence-electron chi connectivity index (χ4n) is 13.7. The highest BCUT2D eigenvalue weighted by molar-refractivity contribution is 7.87. The van der Waals surface area contributed by atoms with Crippen molar-refractivity contribution >= 4 is 135 Å². The first kappa shape index (κ1) is 74.4. The molecule has 0 aliphatic heterocycles. The van der Waals surface area contributed by atoms with E-state index in [0.29, 0.717) is 67.4 Å². The third-order valence-corrected chi connectivity index (χ3v) is 23.1. The van der Waals surface area contributed by atoms with E-state index in [0.717, 1.165) is 99.3 Å². The summed E-state index contributed by atoms with van der Waals surface area (Å²) >= 11 is 12.2. The number of hydrogen-bond donors (Lipinski definition) is 6. The van der Waals surface area contributed by atoms with Crippen molar-refractivity contribution in [3.63, 3.8) is 0 Å². The fraction of sp³-hybridized carbons (Fsp3) is 0.216. The van der Waals surface area contributed by atoms with Gasteiger partial charge in [0.15, 0.2) is 11.0 Å². The van der Waals surface area contributed by atoms with Gasteiger partial charge in [-0.25, -0.2) is 55.7 Å². The Kier molecular flexibility index (Phi) is 23.3. The summed E-state index contributed by atoms with van der Waals surface area (Å²) in [4.78, 5) is 27.3. The predicted molar refractivity (Wildman–Crippen MR) is 407 cm³/mol. The first-order valence-corrected chi connectivity index (χ1v) is 37.0. The van der Waals surface area contributed by atoms with Gasteiger partial charge in [-0.1, -0.05) is 134 Å². The molecule has 534 valence electrons. The van der Waals surface area contributed by atoms with Crippen LogP contribution < -0.4 is 31.4 Å². The second-order valence-electron chi connectivity index (χ2n) is 25.1. The molecule has 3 saturated carbocycles. The van der Waals surface area contributed by atoms with Gasteiger partial charge in [0.05, 0.1) is 58.0 Å². The second-order valence-corrected chi connectivity index (χ2v) is 29.5. The lowest BCUT2D eigenvalue weighted by Crippen LogP contribution is -2.07. The van der Waals surface area contributed by atoms with Crippen molar-refractivity contribution in [1.82, 2.24) is 43.6 Å². The highest BCUT2D eigenvalue weighted by Gasteiger charge is 2.28. The summed E-state index contributed by atoms with van der Waals surface area (Å²) in [5.74, 6) is -0.439. The molecule has 0 saturated heterocycles. The molecule has 103 heavy (non-hydrogen) atoms. The molecule has 3 atom stereocenters. The van der Waals surface area contributed by atoms with Crippen LogP contribution in [0.4, 0.5) is 47.7 Å². The van der Waals surface area contributed by atoms with Gasteiger partial charge in [0.1, 0.15) is 92.8 Å². The Hall–Kier alpha value is -9.84. The van der Waals surface area contributed by atoms with Crippen molar-refractivity contribution in [1.29, 1.82) is 0 Å². The second kappa shape index (κ2) is 32.2. The van der Waals surface area contributed by atoms with Crippen LogP contribution in [0.1, 0.15) is 101 Å². The predicted octanol–water partition coefficient (Wildman–Crippen LogP) is 15.5. The van der Waals surface area contributed by atoms with E-state index in [1.54, 1.807) is 60.7 Å². The molecule has 6 heterocycles. The fourth-order valence-corrected chi connectivity index (χ4v) is 17.3. The zero-order chi connectivity index (χ0) is 69.3. The Morgan fingerprint density at radius 3 is 1.15 bits per heavy atom. The lowest BCUT2D eigenvalue weighted by Gasteiger charge is -2.12. The number of nitrogens with two attached hydrogens (primary N) is 3. The van der Waals surface area contributed by atoms with Crippen molar-refractivity contribution in [2.24, 2.45) is 0 Å². The minimum absolute atomic E-state index is 0. The molecule has 0 radical (unpaired) electrons. The molecule has 7 aromatic carbocycles. The van der Waals surface area contributed by atoms with Gasteiger partial charge in [0, 0.05) is 53.4 Å². The number of rotatable bonds is 15. The number of aromatic nitrogens is 9. The van der Waals surface area contributed by atoms with Crippen LogP contribution in [0.25, 0.3) is 77.3 Å². The molecule has 6 aromatic heterocycles. The summed E-state index contributed by atoms with van der Waals surface area (Å²) in [5, 5.41) is 4.69. The Morgan fingerprint density at radius 1 is 0.417 bits per heavy atom. The molecule has 3 unspecified atom stereocenters. The number of halogens is 5. The molecule has 0 bridgehead atoms. The number of anilines is 6. The van der Waals surface area contributed by atoms with E-state index >= 15 is 13.2 Å². The molecule has 16 rings (SSSR count). The minimum atomic E-state index is -1.84. The molecule has 13 aromatic rings. The molecule has 29 heteroatoms. The maximum atomic E-state index is 15.2. The largest absolute Gasteiger partial charge is 0.412 e. The molecule has 15 N–H and O–H groups in total. The molecule has 0 amide bonds. The molecule has 0 spiro atoms. The van der Waals surface area contributed by atoms with Crippen LogP contribution >= 0.6 is 23.2 Å². The van der Waals surface area contributed by atoms with Gasteiger partial charge in [0.25, 0.3) is 0 Å². The van der Waals surface area contributed by atoms with Crippen LogP contribution in [0, 0.1) is 24.4 Å². The normalized spacial score (nSPS) is 14.8. The molecule has 3 fully saturated rings. The standard InChI is InChI=1S/C27H24FN5OS.C24H24FN5OS.C23H20Cl2FN5OS.3H2O/c28-23-14-19(22-15-33(20-7-3-4-8-20)27-25(22)26(29)30-16-31-27)10-12-24(23)32-35(34)21-11-9-17-5-1-2-6-18(17)13-21;1-15-6-9-18(10-7-15)32(31)29-21-11-8-16(12-20(21)25)19-13-30(17-4-2-3-5-17)24-22(19)23(26)27-14-28-24;24-16-6-3-7-17(25)21(16)33(32)30-19-9-8-13(10-18(19)26)15-11-31(14-4-1-2-5-14)23-20(15)22(27)28-12-29-23;;;/h1-2,5-6,9-16,20,32H,3-4,7-8H2,(H2,29,30,31);6-14,17,29H,2-5H2,1H3,(H2,26,27,28);3,6-12,14,30H,1-2,4-5H2,(H2,27,28,29);3*1H2. The SMILES string of the molecule is Cc1ccc(S(=O)Nc2ccc(-c3cn(C4CCCC4)c4ncnc(N)c34)cc2F)cc1.Nc1ncnc2c1c(-c1ccc(NS(=O)c3c(Cl)cccc3Cl)c(F)c1)cn2C1CCCC1.Nc1ncnc2c1c(-c1ccc(NS(=O)c3ccc4ccccc4c3)c(F)c1)cn2C1CCCC1.O.O.O. The van der Waals surface area contributed by atoms with Crippen LogP contribution in [0.3, 0.4) is 0 Å². The topological polar surface area (TPSA) is 352 Å². The van der Waals surface area contributed by atoms with Crippen LogP contribution in [0.2, 0.25) is 10.0 Å². The average molecular weight is 1490 g/mol. The number of aryl methyl sites for hydroxylation is 1. The van der Waals surface area contributed by atoms with Crippen LogP contribution in [-0.2, 0) is 33.0 Å². The van der Waals surface area contributed by atoms with Gasteiger partial charge in [-0.3, -0.25) is 14.2 Å². The Morgan fingerprint density at radius 2 is 0.767 bits per heavy atom. The lowest BCUT2D eigenvalue weighted by molar-refractivity contribution is 0.532. The van der Waals surface area contributed by atoms with Crippen molar-refractivity contribution in [2.45, 2.75) is 117 Å². The number of benzene rings is 7. The maximum absolute atomic E-state index is 15.2. The number of hydrogen-bond acceptors (Lipinski definition) is 12. The number of nitrogens with zero attached hydrogens (tertiary/aromatic N) is 9. The van der Waals surface area contributed by atoms with Crippen molar-refractivity contribution in [3.8, 4) is 33.4 Å². The van der Waals surface area contributed by atoms with Gasteiger partial charge in [-0.15, -0.1) is 0 Å². The van der Waals surface area contributed by atoms with Crippen LogP contribution in [0.5, 0.6) is 0 Å². The number of nitrogen functional groups attached to an aromatic ring is 3. The van der Waals surface area contributed by atoms with Gasteiger partial charge >= 0.3 is 0 Å². The molecular formula is C74H74Cl2F3N15O6S3. The summed E-state index contributed by atoms with van der Waals surface area (Å²) < 4.78 is 98.3. The van der Waals surface area contributed by atoms with Crippen molar-refractivity contribution in [3.05, 3.63) is 210 Å². The molecule has 3 aliphatic rings. The summed E-state index contributed by atoms with van der Waals surface area (Å²) in [6.07, 6.45) is 24.0. The number of nitrogens with one attached hydrogen (secondary N) is 3. The van der Waals surface area contributed by atoms with E-state index in [4.69, 9.17) is 40.4 Å². The first-order valence-electron chi connectivity index (χ1n) is 32.8. The van der Waals surface area contributed by atoms with Gasteiger partial charge in [-0.05, 0) is 146 Å². The first-order chi connectivity index (χ1) is 48.5. The van der Waals surface area contributed by atoms with Crippen molar-refractivity contribution < 1.29 is 42.2 Å². The lowest BCUT2D eigenvalue weighted by atomic mass is 10.1. The van der Waals surface area contributed by atoms with E-state index < -0.39 is 50.4 Å². The molecule has 3 aliphatic carbocycles. The molecular weight excluding hydrogens is 1420 g/mol. The monoisotopic (exact) mass is 1490 g/mol. The Labute approximate surface area is 608 Å². The van der Waals surface area contributed by atoms with Gasteiger partial charge < -0.3 is 47.3 Å². The number of fused-ring (bicyclic) bond motifs is 4. The summed E-state index contributed by atoms with van der Waals surface area (Å²) in [7, 11) is -5.01. The Bertz CT molecular complexity index is 5320. The third-order valence-electron chi connectivity index (χ3n) is 18.8. The third kappa shape index (κ3) is 15.5. The smallest absolute Gasteiger partial charge is 0.153 e. The minimum Gasteiger partial charge on any atom is -0.412 e. The highest BCUT2D eigenvalue weighted by Crippen LogP contribution is 2.44. The maximum Gasteiger partial charge on any atom is 0.153 e. The highest BCUT2D eigenvalue weighted by atomic mass is 35.5. The van der Waals surface area contributed by atoms with Gasteiger partial charge in [-0.2, -0.15) is 0 Å². The average Bonchev–Trinajstić information content (AvgIpc) is 1.63. The van der Waals surface area contributed by atoms with E-state index in [1.165, 1.54) is 81.8 Å². The van der Waals surface area contributed by atoms with Crippen molar-refractivity contribution in [2.75, 3.05) is 31.4 Å².